The van der Waals surface area contributed by atoms with Crippen LogP contribution < -0.4 is 5.32 Å². The Balaban J connectivity index is 1.56. The first-order valence-corrected chi connectivity index (χ1v) is 8.33. The van der Waals surface area contributed by atoms with Gasteiger partial charge in [-0.2, -0.15) is 0 Å². The summed E-state index contributed by atoms with van der Waals surface area (Å²) in [5.41, 5.74) is 2.59. The fourth-order valence-corrected chi connectivity index (χ4v) is 2.95. The lowest BCUT2D eigenvalue weighted by Gasteiger charge is -2.04. The fourth-order valence-electron chi connectivity index (χ4n) is 2.02. The summed E-state index contributed by atoms with van der Waals surface area (Å²) in [6.45, 7) is 0.479. The maximum absolute atomic E-state index is 12.0. The van der Waals surface area contributed by atoms with Crippen LogP contribution in [0.5, 0.6) is 0 Å². The molecule has 116 valence electrons. The molecule has 0 radical (unpaired) electrons. The molecule has 4 nitrogen and oxygen atoms in total. The number of nitrogens with zero attached hydrogens (tertiary/aromatic N) is 2. The number of hydrogen-bond donors (Lipinski definition) is 1. The van der Waals surface area contributed by atoms with Crippen LogP contribution in [0.1, 0.15) is 11.3 Å². The van der Waals surface area contributed by atoms with E-state index >= 15 is 0 Å². The van der Waals surface area contributed by atoms with Gasteiger partial charge in [-0.25, -0.2) is 4.98 Å². The van der Waals surface area contributed by atoms with Crippen molar-refractivity contribution in [2.75, 3.05) is 0 Å². The predicted octanol–water partition coefficient (Wildman–Crippen LogP) is 3.72. The summed E-state index contributed by atoms with van der Waals surface area (Å²) in [7, 11) is 0. The van der Waals surface area contributed by atoms with Crippen molar-refractivity contribution in [3.63, 3.8) is 0 Å². The van der Waals surface area contributed by atoms with Gasteiger partial charge in [-0.3, -0.25) is 9.78 Å². The minimum Gasteiger partial charge on any atom is -0.352 e. The van der Waals surface area contributed by atoms with E-state index in [9.17, 15) is 4.79 Å². The molecule has 0 atom stereocenters. The standard InChI is InChI=1S/C17H14ClN3OS/c18-13-6-4-12(5-7-13)10-20-16(22)9-14-11-23-17(21-14)15-3-1-2-8-19-15/h1-8,11H,9-10H2,(H,20,22). The lowest BCUT2D eigenvalue weighted by atomic mass is 10.2. The maximum Gasteiger partial charge on any atom is 0.226 e. The van der Waals surface area contributed by atoms with E-state index < -0.39 is 0 Å². The molecular formula is C17H14ClN3OS. The summed E-state index contributed by atoms with van der Waals surface area (Å²) in [4.78, 5) is 20.7. The second kappa shape index (κ2) is 7.35. The van der Waals surface area contributed by atoms with Crippen LogP contribution in [0.25, 0.3) is 10.7 Å². The number of amides is 1. The molecule has 0 saturated carbocycles. The molecule has 3 aromatic rings. The Kier molecular flexibility index (Phi) is 5.00. The zero-order valence-corrected chi connectivity index (χ0v) is 13.8. The number of halogens is 1. The summed E-state index contributed by atoms with van der Waals surface area (Å²) >= 11 is 7.33. The van der Waals surface area contributed by atoms with Gasteiger partial charge in [0.1, 0.15) is 5.01 Å². The van der Waals surface area contributed by atoms with Gasteiger partial charge in [0.2, 0.25) is 5.91 Å². The molecule has 0 saturated heterocycles. The molecule has 0 unspecified atom stereocenters. The highest BCUT2D eigenvalue weighted by atomic mass is 35.5. The first-order valence-electron chi connectivity index (χ1n) is 7.07. The molecule has 6 heteroatoms. The summed E-state index contributed by atoms with van der Waals surface area (Å²) in [6.07, 6.45) is 1.99. The Morgan fingerprint density at radius 3 is 2.74 bits per heavy atom. The monoisotopic (exact) mass is 343 g/mol. The highest BCUT2D eigenvalue weighted by molar-refractivity contribution is 7.13. The molecule has 0 fully saturated rings. The van der Waals surface area contributed by atoms with E-state index in [4.69, 9.17) is 11.6 Å². The molecule has 23 heavy (non-hydrogen) atoms. The van der Waals surface area contributed by atoms with Gasteiger partial charge in [-0.05, 0) is 29.8 Å². The second-order valence-corrected chi connectivity index (χ2v) is 6.23. The number of nitrogens with one attached hydrogen (secondary N) is 1. The van der Waals surface area contributed by atoms with E-state index in [1.165, 1.54) is 11.3 Å². The van der Waals surface area contributed by atoms with Crippen molar-refractivity contribution in [1.29, 1.82) is 0 Å². The molecule has 0 aliphatic rings. The van der Waals surface area contributed by atoms with Gasteiger partial charge < -0.3 is 5.32 Å². The molecular weight excluding hydrogens is 330 g/mol. The molecule has 2 aromatic heterocycles. The molecule has 1 N–H and O–H groups in total. The average molecular weight is 344 g/mol. The number of carbonyl (C=O) groups is 1. The Bertz CT molecular complexity index is 787. The van der Waals surface area contributed by atoms with Crippen LogP contribution in [-0.2, 0) is 17.8 Å². The van der Waals surface area contributed by atoms with Crippen LogP contribution in [0.4, 0.5) is 0 Å². The maximum atomic E-state index is 12.0. The fraction of sp³-hybridized carbons (Fsp3) is 0.118. The van der Waals surface area contributed by atoms with Gasteiger partial charge in [0.25, 0.3) is 0 Å². The minimum atomic E-state index is -0.0576. The predicted molar refractivity (Wildman–Crippen MR) is 92.3 cm³/mol. The van der Waals surface area contributed by atoms with Crippen molar-refractivity contribution in [3.8, 4) is 10.7 Å². The second-order valence-electron chi connectivity index (χ2n) is 4.94. The number of hydrogen-bond acceptors (Lipinski definition) is 4. The third-order valence-electron chi connectivity index (χ3n) is 3.18. The third-order valence-corrected chi connectivity index (χ3v) is 4.35. The van der Waals surface area contributed by atoms with Crippen LogP contribution >= 0.6 is 22.9 Å². The van der Waals surface area contributed by atoms with Crippen molar-refractivity contribution in [1.82, 2.24) is 15.3 Å². The minimum absolute atomic E-state index is 0.0576. The largest absolute Gasteiger partial charge is 0.352 e. The summed E-state index contributed by atoms with van der Waals surface area (Å²) in [6, 6.07) is 13.1. The normalized spacial score (nSPS) is 10.5. The van der Waals surface area contributed by atoms with Crippen molar-refractivity contribution in [3.05, 3.63) is 70.3 Å². The summed E-state index contributed by atoms with van der Waals surface area (Å²) in [5, 5.41) is 6.29. The van der Waals surface area contributed by atoms with Crippen molar-refractivity contribution >= 4 is 28.8 Å². The lowest BCUT2D eigenvalue weighted by molar-refractivity contribution is -0.120. The van der Waals surface area contributed by atoms with Gasteiger partial charge in [-0.1, -0.05) is 29.8 Å². The average Bonchev–Trinajstić information content (AvgIpc) is 3.04. The molecule has 1 aromatic carbocycles. The van der Waals surface area contributed by atoms with E-state index in [1.807, 2.05) is 47.8 Å². The Morgan fingerprint density at radius 1 is 1.17 bits per heavy atom. The zero-order chi connectivity index (χ0) is 16.1. The summed E-state index contributed by atoms with van der Waals surface area (Å²) in [5.74, 6) is -0.0576. The number of carbonyl (C=O) groups excluding carboxylic acids is 1. The number of benzene rings is 1. The first kappa shape index (κ1) is 15.6. The molecule has 1 amide bonds. The van der Waals surface area contributed by atoms with Crippen molar-refractivity contribution in [2.24, 2.45) is 0 Å². The number of rotatable bonds is 5. The van der Waals surface area contributed by atoms with Crippen molar-refractivity contribution < 1.29 is 4.79 Å². The molecule has 0 bridgehead atoms. The van der Waals surface area contributed by atoms with E-state index in [0.717, 1.165) is 22.0 Å². The van der Waals surface area contributed by atoms with E-state index in [-0.39, 0.29) is 12.3 Å². The number of aromatic nitrogens is 2. The van der Waals surface area contributed by atoms with Crippen LogP contribution in [0.15, 0.2) is 54.0 Å². The Hall–Kier alpha value is -2.24. The van der Waals surface area contributed by atoms with E-state index in [2.05, 4.69) is 15.3 Å². The van der Waals surface area contributed by atoms with Crippen LogP contribution in [0, 0.1) is 0 Å². The smallest absolute Gasteiger partial charge is 0.226 e. The molecule has 0 aliphatic heterocycles. The van der Waals surface area contributed by atoms with Crippen molar-refractivity contribution in [2.45, 2.75) is 13.0 Å². The quantitative estimate of drug-likeness (QED) is 0.768. The topological polar surface area (TPSA) is 54.9 Å². The van der Waals surface area contributed by atoms with Gasteiger partial charge in [-0.15, -0.1) is 11.3 Å². The Labute approximate surface area is 143 Å². The van der Waals surface area contributed by atoms with E-state index in [0.29, 0.717) is 11.6 Å². The SMILES string of the molecule is O=C(Cc1csc(-c2ccccn2)n1)NCc1ccc(Cl)cc1. The van der Waals surface area contributed by atoms with Crippen LogP contribution in [0.3, 0.4) is 0 Å². The number of pyridine rings is 1. The number of thiazole rings is 1. The lowest BCUT2D eigenvalue weighted by Crippen LogP contribution is -2.24. The molecule has 2 heterocycles. The van der Waals surface area contributed by atoms with Gasteiger partial charge in [0.15, 0.2) is 0 Å². The van der Waals surface area contributed by atoms with Gasteiger partial charge in [0, 0.05) is 23.1 Å². The molecule has 0 spiro atoms. The van der Waals surface area contributed by atoms with Gasteiger partial charge in [0.05, 0.1) is 17.8 Å². The first-order chi connectivity index (χ1) is 11.2. The van der Waals surface area contributed by atoms with Gasteiger partial charge >= 0.3 is 0 Å². The highest BCUT2D eigenvalue weighted by Crippen LogP contribution is 2.21. The Morgan fingerprint density at radius 2 is 2.00 bits per heavy atom. The molecule has 3 rings (SSSR count). The summed E-state index contributed by atoms with van der Waals surface area (Å²) < 4.78 is 0. The zero-order valence-electron chi connectivity index (χ0n) is 12.2. The molecule has 0 aliphatic carbocycles. The van der Waals surface area contributed by atoms with Crippen LogP contribution in [-0.4, -0.2) is 15.9 Å². The van der Waals surface area contributed by atoms with E-state index in [1.54, 1.807) is 6.20 Å². The third kappa shape index (κ3) is 4.37. The highest BCUT2D eigenvalue weighted by Gasteiger charge is 2.09. The van der Waals surface area contributed by atoms with Crippen LogP contribution in [0.2, 0.25) is 5.02 Å².